The molecule has 4 heteroatoms. The molecule has 0 aromatic heterocycles. The SMILES string of the molecule is CCC(CC)C(O)CNC(=O)/C=C/c1ccc(F)cc1. The molecule has 1 unspecified atom stereocenters. The maximum Gasteiger partial charge on any atom is 0.244 e. The van der Waals surface area contributed by atoms with E-state index in [0.29, 0.717) is 0 Å². The predicted octanol–water partition coefficient (Wildman–Crippen LogP) is 2.75. The van der Waals surface area contributed by atoms with Gasteiger partial charge in [-0.15, -0.1) is 0 Å². The maximum atomic E-state index is 12.7. The van der Waals surface area contributed by atoms with Crippen LogP contribution in [0.3, 0.4) is 0 Å². The van der Waals surface area contributed by atoms with Crippen LogP contribution in [0.4, 0.5) is 4.39 Å². The quantitative estimate of drug-likeness (QED) is 0.754. The van der Waals surface area contributed by atoms with E-state index in [1.54, 1.807) is 18.2 Å². The first-order valence-electron chi connectivity index (χ1n) is 6.96. The van der Waals surface area contributed by atoms with Gasteiger partial charge < -0.3 is 10.4 Å². The van der Waals surface area contributed by atoms with Crippen molar-refractivity contribution in [2.24, 2.45) is 5.92 Å². The number of amides is 1. The van der Waals surface area contributed by atoms with E-state index in [4.69, 9.17) is 0 Å². The summed E-state index contributed by atoms with van der Waals surface area (Å²) in [7, 11) is 0. The third-order valence-electron chi connectivity index (χ3n) is 3.38. The first kappa shape index (κ1) is 16.4. The average Bonchev–Trinajstić information content (AvgIpc) is 2.45. The second-order valence-electron chi connectivity index (χ2n) is 4.77. The molecule has 0 saturated heterocycles. The lowest BCUT2D eigenvalue weighted by Crippen LogP contribution is -2.35. The number of rotatable bonds is 7. The fraction of sp³-hybridized carbons (Fsp3) is 0.438. The van der Waals surface area contributed by atoms with Crippen molar-refractivity contribution < 1.29 is 14.3 Å². The van der Waals surface area contributed by atoms with Crippen molar-refractivity contribution >= 4 is 12.0 Å². The molecule has 110 valence electrons. The van der Waals surface area contributed by atoms with E-state index in [-0.39, 0.29) is 24.2 Å². The van der Waals surface area contributed by atoms with Crippen LogP contribution in [0.15, 0.2) is 30.3 Å². The van der Waals surface area contributed by atoms with Gasteiger partial charge in [0.1, 0.15) is 5.82 Å². The molecular formula is C16H22FNO2. The fourth-order valence-electron chi connectivity index (χ4n) is 2.01. The molecule has 1 amide bonds. The van der Waals surface area contributed by atoms with E-state index in [2.05, 4.69) is 5.32 Å². The number of aliphatic hydroxyl groups excluding tert-OH is 1. The molecule has 0 bridgehead atoms. The Morgan fingerprint density at radius 1 is 1.30 bits per heavy atom. The van der Waals surface area contributed by atoms with Gasteiger partial charge in [-0.3, -0.25) is 4.79 Å². The first-order chi connectivity index (χ1) is 9.56. The van der Waals surface area contributed by atoms with Gasteiger partial charge in [-0.05, 0) is 29.7 Å². The fourth-order valence-corrected chi connectivity index (χ4v) is 2.01. The van der Waals surface area contributed by atoms with Crippen LogP contribution in [0.5, 0.6) is 0 Å². The van der Waals surface area contributed by atoms with E-state index in [1.807, 2.05) is 13.8 Å². The lowest BCUT2D eigenvalue weighted by Gasteiger charge is -2.19. The number of benzene rings is 1. The number of nitrogens with one attached hydrogen (secondary N) is 1. The van der Waals surface area contributed by atoms with Gasteiger partial charge in [0.05, 0.1) is 6.10 Å². The van der Waals surface area contributed by atoms with Crippen molar-refractivity contribution in [3.05, 3.63) is 41.7 Å². The molecule has 20 heavy (non-hydrogen) atoms. The Morgan fingerprint density at radius 3 is 2.45 bits per heavy atom. The highest BCUT2D eigenvalue weighted by Gasteiger charge is 2.15. The van der Waals surface area contributed by atoms with E-state index in [1.165, 1.54) is 18.2 Å². The molecule has 0 aliphatic heterocycles. The Labute approximate surface area is 119 Å². The Morgan fingerprint density at radius 2 is 1.90 bits per heavy atom. The van der Waals surface area contributed by atoms with Crippen molar-refractivity contribution in [1.82, 2.24) is 5.32 Å². The van der Waals surface area contributed by atoms with Crippen LogP contribution >= 0.6 is 0 Å². The minimum absolute atomic E-state index is 0.205. The minimum Gasteiger partial charge on any atom is -0.391 e. The maximum absolute atomic E-state index is 12.7. The summed E-state index contributed by atoms with van der Waals surface area (Å²) >= 11 is 0. The van der Waals surface area contributed by atoms with Gasteiger partial charge >= 0.3 is 0 Å². The third-order valence-corrected chi connectivity index (χ3v) is 3.38. The standard InChI is InChI=1S/C16H22FNO2/c1-3-13(4-2)15(19)11-18-16(20)10-7-12-5-8-14(17)9-6-12/h5-10,13,15,19H,3-4,11H2,1-2H3,(H,18,20)/b10-7+. The molecule has 2 N–H and O–H groups in total. The van der Waals surface area contributed by atoms with Crippen molar-refractivity contribution in [3.8, 4) is 0 Å². The number of hydrogen-bond acceptors (Lipinski definition) is 2. The predicted molar refractivity (Wildman–Crippen MR) is 78.5 cm³/mol. The summed E-state index contributed by atoms with van der Waals surface area (Å²) in [5.74, 6) is -0.365. The molecule has 0 heterocycles. The minimum atomic E-state index is -0.520. The molecule has 1 atom stereocenters. The van der Waals surface area contributed by atoms with Crippen LogP contribution in [0.1, 0.15) is 32.3 Å². The first-order valence-corrected chi connectivity index (χ1v) is 6.96. The highest BCUT2D eigenvalue weighted by molar-refractivity contribution is 5.91. The molecular weight excluding hydrogens is 257 g/mol. The molecule has 0 aliphatic rings. The van der Waals surface area contributed by atoms with Crippen LogP contribution in [0.2, 0.25) is 0 Å². The highest BCUT2D eigenvalue weighted by Crippen LogP contribution is 2.12. The number of carbonyl (C=O) groups excluding carboxylic acids is 1. The zero-order valence-electron chi connectivity index (χ0n) is 12.0. The smallest absolute Gasteiger partial charge is 0.244 e. The van der Waals surface area contributed by atoms with E-state index < -0.39 is 6.10 Å². The average molecular weight is 279 g/mol. The Bertz CT molecular complexity index is 438. The van der Waals surface area contributed by atoms with Gasteiger partial charge in [0.15, 0.2) is 0 Å². The Kier molecular flexibility index (Phi) is 6.94. The van der Waals surface area contributed by atoms with Crippen molar-refractivity contribution in [1.29, 1.82) is 0 Å². The summed E-state index contributed by atoms with van der Waals surface area (Å²) in [5.41, 5.74) is 0.752. The monoisotopic (exact) mass is 279 g/mol. The molecule has 0 aliphatic carbocycles. The third kappa shape index (κ3) is 5.53. The van der Waals surface area contributed by atoms with Gasteiger partial charge in [-0.25, -0.2) is 4.39 Å². The van der Waals surface area contributed by atoms with Gasteiger partial charge in [-0.1, -0.05) is 38.8 Å². The number of halogens is 1. The van der Waals surface area contributed by atoms with Crippen LogP contribution in [-0.4, -0.2) is 23.7 Å². The zero-order valence-corrected chi connectivity index (χ0v) is 12.0. The van der Waals surface area contributed by atoms with Crippen LogP contribution < -0.4 is 5.32 Å². The topological polar surface area (TPSA) is 49.3 Å². The van der Waals surface area contributed by atoms with Gasteiger partial charge in [0.25, 0.3) is 0 Å². The molecule has 0 radical (unpaired) electrons. The van der Waals surface area contributed by atoms with E-state index >= 15 is 0 Å². The van der Waals surface area contributed by atoms with Crippen LogP contribution in [0.25, 0.3) is 6.08 Å². The number of hydrogen-bond donors (Lipinski definition) is 2. The summed E-state index contributed by atoms with van der Waals surface area (Å²) in [6, 6.07) is 5.87. The summed E-state index contributed by atoms with van der Waals surface area (Å²) in [6.07, 6.45) is 4.25. The lowest BCUT2D eigenvalue weighted by molar-refractivity contribution is -0.117. The lowest BCUT2D eigenvalue weighted by atomic mass is 9.96. The Hall–Kier alpha value is -1.68. The van der Waals surface area contributed by atoms with E-state index in [9.17, 15) is 14.3 Å². The van der Waals surface area contributed by atoms with Gasteiger partial charge in [-0.2, -0.15) is 0 Å². The summed E-state index contributed by atoms with van der Waals surface area (Å²) in [5, 5.41) is 12.6. The van der Waals surface area contributed by atoms with Gasteiger partial charge in [0.2, 0.25) is 5.91 Å². The summed E-state index contributed by atoms with van der Waals surface area (Å²) in [6.45, 7) is 4.29. The largest absolute Gasteiger partial charge is 0.391 e. The summed E-state index contributed by atoms with van der Waals surface area (Å²) < 4.78 is 12.7. The van der Waals surface area contributed by atoms with Gasteiger partial charge in [0, 0.05) is 12.6 Å². The number of aliphatic hydroxyl groups is 1. The Balaban J connectivity index is 2.42. The second-order valence-corrected chi connectivity index (χ2v) is 4.77. The highest BCUT2D eigenvalue weighted by atomic mass is 19.1. The van der Waals surface area contributed by atoms with Crippen molar-refractivity contribution in [3.63, 3.8) is 0 Å². The normalized spacial score (nSPS) is 12.8. The van der Waals surface area contributed by atoms with Crippen molar-refractivity contribution in [2.75, 3.05) is 6.54 Å². The molecule has 0 saturated carbocycles. The van der Waals surface area contributed by atoms with Crippen molar-refractivity contribution in [2.45, 2.75) is 32.8 Å². The molecule has 0 fully saturated rings. The van der Waals surface area contributed by atoms with Crippen LogP contribution in [-0.2, 0) is 4.79 Å². The molecule has 3 nitrogen and oxygen atoms in total. The number of carbonyl (C=O) groups is 1. The molecule has 1 rings (SSSR count). The zero-order chi connectivity index (χ0) is 15.0. The summed E-state index contributed by atoms with van der Waals surface area (Å²) in [4.78, 5) is 11.6. The molecule has 0 spiro atoms. The van der Waals surface area contributed by atoms with E-state index in [0.717, 1.165) is 18.4 Å². The van der Waals surface area contributed by atoms with Crippen LogP contribution in [0, 0.1) is 11.7 Å². The molecule has 1 aromatic rings. The second kappa shape index (κ2) is 8.48. The molecule has 1 aromatic carbocycles.